The molecule has 0 amide bonds. The second-order valence-electron chi connectivity index (χ2n) is 4.72. The van der Waals surface area contributed by atoms with Crippen molar-refractivity contribution in [3.05, 3.63) is 58.6 Å². The average Bonchev–Trinajstić information content (AvgIpc) is 2.44. The van der Waals surface area contributed by atoms with Crippen molar-refractivity contribution in [2.24, 2.45) is 0 Å². The molecule has 0 aliphatic heterocycles. The van der Waals surface area contributed by atoms with Gasteiger partial charge in [0.25, 0.3) is 0 Å². The average molecular weight is 345 g/mol. The molecule has 0 saturated carbocycles. The van der Waals surface area contributed by atoms with E-state index in [-0.39, 0.29) is 5.66 Å². The largest absolute Gasteiger partial charge is 0.433 e. The molecular formula is C15H15Cl2O3P. The van der Waals surface area contributed by atoms with Crippen LogP contribution in [0.3, 0.4) is 0 Å². The minimum Gasteiger partial charge on any atom is -0.416 e. The summed E-state index contributed by atoms with van der Waals surface area (Å²) < 4.78 is 24.1. The van der Waals surface area contributed by atoms with E-state index in [1.807, 2.05) is 0 Å². The Balaban J connectivity index is 2.21. The number of hydrogen-bond acceptors (Lipinski definition) is 3. The third-order valence-electron chi connectivity index (χ3n) is 2.73. The van der Waals surface area contributed by atoms with Crippen molar-refractivity contribution < 1.29 is 13.6 Å². The smallest absolute Gasteiger partial charge is 0.416 e. The van der Waals surface area contributed by atoms with Gasteiger partial charge in [-0.15, -0.1) is 0 Å². The lowest BCUT2D eigenvalue weighted by Crippen LogP contribution is -2.10. The number of hydrogen-bond donors (Lipinski definition) is 0. The van der Waals surface area contributed by atoms with E-state index in [4.69, 9.17) is 32.2 Å². The van der Waals surface area contributed by atoms with Gasteiger partial charge in [0, 0.05) is 10.0 Å². The standard InChI is InChI=1S/C15H15Cl2O3P/c1-11(2)21(18,19-14-7-3-12(16)4-8-14)20-15-9-5-13(17)6-10-15/h3-11H,1-2H3. The van der Waals surface area contributed by atoms with Crippen molar-refractivity contribution in [2.75, 3.05) is 0 Å². The first-order valence-corrected chi connectivity index (χ1v) is 8.76. The zero-order chi connectivity index (χ0) is 15.5. The van der Waals surface area contributed by atoms with Gasteiger partial charge >= 0.3 is 7.60 Å². The first kappa shape index (κ1) is 16.2. The fourth-order valence-corrected chi connectivity index (χ4v) is 3.06. The van der Waals surface area contributed by atoms with Crippen LogP contribution < -0.4 is 9.05 Å². The second-order valence-corrected chi connectivity index (χ2v) is 8.07. The van der Waals surface area contributed by atoms with E-state index in [0.29, 0.717) is 21.5 Å². The number of rotatable bonds is 5. The summed E-state index contributed by atoms with van der Waals surface area (Å²) in [6.45, 7) is 3.57. The molecule has 0 atom stereocenters. The SMILES string of the molecule is CC(C)P(=O)(Oc1ccc(Cl)cc1)Oc1ccc(Cl)cc1. The van der Waals surface area contributed by atoms with Crippen LogP contribution in [-0.2, 0) is 4.57 Å². The molecule has 0 bridgehead atoms. The zero-order valence-corrected chi connectivity index (χ0v) is 14.0. The molecule has 0 unspecified atom stereocenters. The molecule has 0 heterocycles. The lowest BCUT2D eigenvalue weighted by molar-refractivity contribution is 0.377. The van der Waals surface area contributed by atoms with Crippen LogP contribution in [0.2, 0.25) is 10.0 Å². The van der Waals surface area contributed by atoms with Crippen LogP contribution in [0.4, 0.5) is 0 Å². The van der Waals surface area contributed by atoms with Crippen molar-refractivity contribution >= 4 is 30.8 Å². The topological polar surface area (TPSA) is 35.5 Å². The number of halogens is 2. The Morgan fingerprint density at radius 2 is 1.14 bits per heavy atom. The predicted molar refractivity (Wildman–Crippen MR) is 86.9 cm³/mol. The van der Waals surface area contributed by atoms with E-state index in [2.05, 4.69) is 0 Å². The molecule has 0 aliphatic carbocycles. The normalized spacial score (nSPS) is 11.5. The highest BCUT2D eigenvalue weighted by atomic mass is 35.5. The minimum absolute atomic E-state index is 0.302. The van der Waals surface area contributed by atoms with E-state index in [1.54, 1.807) is 62.4 Å². The molecule has 0 saturated heterocycles. The maximum atomic E-state index is 12.9. The monoisotopic (exact) mass is 344 g/mol. The Kier molecular flexibility index (Phi) is 5.21. The molecule has 6 heteroatoms. The molecule has 0 N–H and O–H groups in total. The van der Waals surface area contributed by atoms with E-state index in [0.717, 1.165) is 0 Å². The summed E-state index contributed by atoms with van der Waals surface area (Å²) in [5, 5.41) is 1.17. The summed E-state index contributed by atoms with van der Waals surface area (Å²) in [7, 11) is -3.35. The molecule has 21 heavy (non-hydrogen) atoms. The van der Waals surface area contributed by atoms with Gasteiger partial charge in [-0.3, -0.25) is 0 Å². The quantitative estimate of drug-likeness (QED) is 0.619. The Hall–Kier alpha value is -1.15. The second kappa shape index (κ2) is 6.74. The molecule has 3 nitrogen and oxygen atoms in total. The summed E-state index contributed by atoms with van der Waals surface area (Å²) in [4.78, 5) is 0. The third kappa shape index (κ3) is 4.41. The molecule has 2 aromatic rings. The Morgan fingerprint density at radius 3 is 1.43 bits per heavy atom. The lowest BCUT2D eigenvalue weighted by Gasteiger charge is -2.23. The maximum absolute atomic E-state index is 12.9. The fourth-order valence-electron chi connectivity index (χ4n) is 1.51. The van der Waals surface area contributed by atoms with Gasteiger partial charge in [-0.2, -0.15) is 0 Å². The first-order chi connectivity index (χ1) is 9.89. The van der Waals surface area contributed by atoms with Gasteiger partial charge in [0.15, 0.2) is 0 Å². The van der Waals surface area contributed by atoms with Crippen molar-refractivity contribution in [3.8, 4) is 11.5 Å². The van der Waals surface area contributed by atoms with Gasteiger partial charge in [0.05, 0.1) is 5.66 Å². The fraction of sp³-hybridized carbons (Fsp3) is 0.200. The van der Waals surface area contributed by atoms with Crippen LogP contribution >= 0.6 is 30.8 Å². The molecule has 112 valence electrons. The van der Waals surface area contributed by atoms with Crippen molar-refractivity contribution in [2.45, 2.75) is 19.5 Å². The van der Waals surface area contributed by atoms with Gasteiger partial charge in [-0.1, -0.05) is 23.2 Å². The van der Waals surface area contributed by atoms with E-state index in [9.17, 15) is 4.57 Å². The zero-order valence-electron chi connectivity index (χ0n) is 11.6. The molecule has 0 aliphatic rings. The Labute approximate surface area is 134 Å². The van der Waals surface area contributed by atoms with Crippen LogP contribution in [0.5, 0.6) is 11.5 Å². The molecule has 0 aromatic heterocycles. The third-order valence-corrected chi connectivity index (χ3v) is 5.42. The van der Waals surface area contributed by atoms with Crippen LogP contribution in [-0.4, -0.2) is 5.66 Å². The van der Waals surface area contributed by atoms with Crippen LogP contribution in [0.25, 0.3) is 0 Å². The van der Waals surface area contributed by atoms with E-state index >= 15 is 0 Å². The van der Waals surface area contributed by atoms with E-state index < -0.39 is 7.60 Å². The summed E-state index contributed by atoms with van der Waals surface area (Å²) in [6, 6.07) is 13.3. The van der Waals surface area contributed by atoms with Gasteiger partial charge in [-0.05, 0) is 62.4 Å². The first-order valence-electron chi connectivity index (χ1n) is 6.39. The van der Waals surface area contributed by atoms with Crippen molar-refractivity contribution in [1.82, 2.24) is 0 Å². The highest BCUT2D eigenvalue weighted by Gasteiger charge is 2.32. The maximum Gasteiger partial charge on any atom is 0.433 e. The van der Waals surface area contributed by atoms with Gasteiger partial charge in [0.1, 0.15) is 11.5 Å². The molecule has 0 spiro atoms. The molecule has 0 fully saturated rings. The van der Waals surface area contributed by atoms with E-state index in [1.165, 1.54) is 0 Å². The van der Waals surface area contributed by atoms with Gasteiger partial charge < -0.3 is 9.05 Å². The van der Waals surface area contributed by atoms with Crippen LogP contribution in [0.15, 0.2) is 48.5 Å². The molecule has 2 aromatic carbocycles. The minimum atomic E-state index is -3.35. The highest BCUT2D eigenvalue weighted by Crippen LogP contribution is 2.52. The van der Waals surface area contributed by atoms with Gasteiger partial charge in [-0.25, -0.2) is 4.57 Å². The summed E-state index contributed by atoms with van der Waals surface area (Å²) in [5.41, 5.74) is -0.302. The number of benzene rings is 2. The van der Waals surface area contributed by atoms with Crippen LogP contribution in [0.1, 0.15) is 13.8 Å². The summed E-state index contributed by atoms with van der Waals surface area (Å²) in [5.74, 6) is 0.899. The molecule has 2 rings (SSSR count). The Morgan fingerprint density at radius 1 is 0.810 bits per heavy atom. The van der Waals surface area contributed by atoms with Crippen molar-refractivity contribution in [1.29, 1.82) is 0 Å². The summed E-state index contributed by atoms with van der Waals surface area (Å²) >= 11 is 11.6. The lowest BCUT2D eigenvalue weighted by atomic mass is 10.3. The highest BCUT2D eigenvalue weighted by molar-refractivity contribution is 7.55. The molecular weight excluding hydrogens is 330 g/mol. The van der Waals surface area contributed by atoms with Crippen molar-refractivity contribution in [3.63, 3.8) is 0 Å². The summed E-state index contributed by atoms with van der Waals surface area (Å²) in [6.07, 6.45) is 0. The Bertz CT molecular complexity index is 587. The predicted octanol–water partition coefficient (Wildman–Crippen LogP) is 6.05. The van der Waals surface area contributed by atoms with Crippen LogP contribution in [0, 0.1) is 0 Å². The molecule has 0 radical (unpaired) electrons. The van der Waals surface area contributed by atoms with Gasteiger partial charge in [0.2, 0.25) is 0 Å².